The molecule has 2 fully saturated rings. The van der Waals surface area contributed by atoms with Crippen LogP contribution >= 0.6 is 0 Å². The maximum atomic E-state index is 12.6. The first-order valence-corrected chi connectivity index (χ1v) is 10.9. The molecule has 0 bridgehead atoms. The van der Waals surface area contributed by atoms with Crippen LogP contribution in [-0.2, 0) is 23.8 Å². The summed E-state index contributed by atoms with van der Waals surface area (Å²) in [6, 6.07) is 0. The highest BCUT2D eigenvalue weighted by Gasteiger charge is 2.62. The van der Waals surface area contributed by atoms with E-state index in [1.807, 2.05) is 20.8 Å². The molecule has 0 unspecified atom stereocenters. The molecular weight excluding hydrogens is 384 g/mol. The first-order valence-electron chi connectivity index (χ1n) is 10.9. The molecule has 4 rings (SSSR count). The van der Waals surface area contributed by atoms with Crippen molar-refractivity contribution in [3.05, 3.63) is 34.1 Å². The summed E-state index contributed by atoms with van der Waals surface area (Å²) < 4.78 is 17.6. The summed E-state index contributed by atoms with van der Waals surface area (Å²) >= 11 is 0. The van der Waals surface area contributed by atoms with Crippen LogP contribution < -0.4 is 0 Å². The van der Waals surface area contributed by atoms with Crippen LogP contribution in [0.3, 0.4) is 0 Å². The van der Waals surface area contributed by atoms with E-state index in [1.54, 1.807) is 6.92 Å². The Bertz CT molecular complexity index is 889. The lowest BCUT2D eigenvalue weighted by molar-refractivity contribution is -0.200. The molecule has 30 heavy (non-hydrogen) atoms. The molecule has 3 heterocycles. The Labute approximate surface area is 177 Å². The molecule has 0 aromatic rings. The van der Waals surface area contributed by atoms with E-state index in [1.165, 1.54) is 0 Å². The van der Waals surface area contributed by atoms with E-state index < -0.39 is 29.4 Å². The van der Waals surface area contributed by atoms with Gasteiger partial charge in [-0.15, -0.1) is 0 Å². The van der Waals surface area contributed by atoms with Gasteiger partial charge in [-0.3, -0.25) is 9.59 Å². The topological polar surface area (TPSA) is 82.1 Å². The number of carbonyl (C=O) groups is 2. The molecule has 1 aliphatic carbocycles. The number of esters is 2. The van der Waals surface area contributed by atoms with Gasteiger partial charge in [0.25, 0.3) is 0 Å². The molecule has 0 aromatic carbocycles. The lowest BCUT2D eigenvalue weighted by atomic mass is 9.78. The van der Waals surface area contributed by atoms with Crippen LogP contribution in [0.25, 0.3) is 0 Å². The zero-order valence-electron chi connectivity index (χ0n) is 18.7. The van der Waals surface area contributed by atoms with E-state index in [2.05, 4.69) is 19.9 Å². The van der Waals surface area contributed by atoms with Crippen LogP contribution in [0.1, 0.15) is 67.2 Å². The summed E-state index contributed by atoms with van der Waals surface area (Å²) in [6.45, 7) is 11.7. The Hall–Kier alpha value is -1.92. The van der Waals surface area contributed by atoms with Gasteiger partial charge in [-0.05, 0) is 69.6 Å². The van der Waals surface area contributed by atoms with Gasteiger partial charge >= 0.3 is 11.9 Å². The average molecular weight is 417 g/mol. The highest BCUT2D eigenvalue weighted by Crippen LogP contribution is 2.52. The van der Waals surface area contributed by atoms with Crippen molar-refractivity contribution in [3.8, 4) is 0 Å². The van der Waals surface area contributed by atoms with Gasteiger partial charge in [-0.25, -0.2) is 0 Å². The lowest BCUT2D eigenvalue weighted by Crippen LogP contribution is -2.39. The van der Waals surface area contributed by atoms with Crippen LogP contribution in [0.2, 0.25) is 0 Å². The van der Waals surface area contributed by atoms with Gasteiger partial charge in [0.05, 0.1) is 18.4 Å². The third kappa shape index (κ3) is 3.25. The summed E-state index contributed by atoms with van der Waals surface area (Å²) in [5.74, 6) is -2.42. The highest BCUT2D eigenvalue weighted by atomic mass is 16.6. The van der Waals surface area contributed by atoms with Crippen molar-refractivity contribution in [3.63, 3.8) is 0 Å². The van der Waals surface area contributed by atoms with Gasteiger partial charge < -0.3 is 19.3 Å². The number of ether oxygens (including phenoxy) is 3. The second kappa shape index (κ2) is 7.06. The SMILES string of the molecule is CC1=C2OC(=O)[C@H]3[C@@H]2[C@@H](O[C@@]3(C)O)/C(C)=C\CC2=C(C(C)C)CC(=O)O[C@@]2(C)CC1. The van der Waals surface area contributed by atoms with E-state index in [-0.39, 0.29) is 17.8 Å². The van der Waals surface area contributed by atoms with Crippen LogP contribution in [0.15, 0.2) is 34.1 Å². The molecule has 1 N–H and O–H groups in total. The Morgan fingerprint density at radius 2 is 1.90 bits per heavy atom. The minimum absolute atomic E-state index is 0.186. The Morgan fingerprint density at radius 1 is 1.20 bits per heavy atom. The summed E-state index contributed by atoms with van der Waals surface area (Å²) in [5, 5.41) is 10.8. The number of hydrogen-bond donors (Lipinski definition) is 1. The van der Waals surface area contributed by atoms with Gasteiger partial charge in [0.1, 0.15) is 17.3 Å². The van der Waals surface area contributed by atoms with Crippen LogP contribution in [0, 0.1) is 17.8 Å². The summed E-state index contributed by atoms with van der Waals surface area (Å²) in [7, 11) is 0. The largest absolute Gasteiger partial charge is 0.455 e. The maximum absolute atomic E-state index is 12.6. The number of hydrogen-bond acceptors (Lipinski definition) is 6. The van der Waals surface area contributed by atoms with Gasteiger partial charge in [0.15, 0.2) is 5.79 Å². The van der Waals surface area contributed by atoms with Crippen molar-refractivity contribution in [1.29, 1.82) is 0 Å². The second-order valence-electron chi connectivity index (χ2n) is 9.85. The quantitative estimate of drug-likeness (QED) is 0.515. The Morgan fingerprint density at radius 3 is 2.57 bits per heavy atom. The zero-order chi connectivity index (χ0) is 22.0. The van der Waals surface area contributed by atoms with Crippen molar-refractivity contribution in [2.45, 2.75) is 84.7 Å². The molecule has 5 atom stereocenters. The molecule has 0 spiro atoms. The number of fused-ring (bicyclic) bond motifs is 1. The second-order valence-corrected chi connectivity index (χ2v) is 9.85. The third-order valence-electron chi connectivity index (χ3n) is 7.27. The number of aliphatic hydroxyl groups is 1. The minimum Gasteiger partial charge on any atom is -0.455 e. The monoisotopic (exact) mass is 416 g/mol. The van der Waals surface area contributed by atoms with Crippen LogP contribution in [0.4, 0.5) is 0 Å². The predicted octanol–water partition coefficient (Wildman–Crippen LogP) is 3.95. The number of rotatable bonds is 1. The molecule has 0 amide bonds. The lowest BCUT2D eigenvalue weighted by Gasteiger charge is -2.39. The van der Waals surface area contributed by atoms with Gasteiger partial charge in [-0.2, -0.15) is 0 Å². The van der Waals surface area contributed by atoms with Gasteiger partial charge in [0, 0.05) is 0 Å². The maximum Gasteiger partial charge on any atom is 0.320 e. The first kappa shape index (κ1) is 21.3. The van der Waals surface area contributed by atoms with Gasteiger partial charge in [0.2, 0.25) is 0 Å². The Balaban J connectivity index is 1.85. The number of allylic oxidation sites excluding steroid dienone is 2. The Kier molecular flexibility index (Phi) is 5.02. The molecule has 6 nitrogen and oxygen atoms in total. The van der Waals surface area contributed by atoms with E-state index in [0.717, 1.165) is 22.3 Å². The molecule has 3 aliphatic heterocycles. The fraction of sp³-hybridized carbons (Fsp3) is 0.667. The normalized spacial score (nSPS) is 41.1. The molecule has 0 saturated carbocycles. The van der Waals surface area contributed by atoms with Gasteiger partial charge in [-0.1, -0.05) is 25.5 Å². The van der Waals surface area contributed by atoms with E-state index in [0.29, 0.717) is 31.4 Å². The smallest absolute Gasteiger partial charge is 0.320 e. The average Bonchev–Trinajstić information content (AvgIpc) is 3.13. The third-order valence-corrected chi connectivity index (χ3v) is 7.27. The highest BCUT2D eigenvalue weighted by molar-refractivity contribution is 5.80. The fourth-order valence-corrected chi connectivity index (χ4v) is 5.53. The van der Waals surface area contributed by atoms with E-state index in [9.17, 15) is 14.7 Å². The van der Waals surface area contributed by atoms with Crippen molar-refractivity contribution < 1.29 is 28.9 Å². The number of carbonyl (C=O) groups excluding carboxylic acids is 2. The molecule has 4 aliphatic rings. The van der Waals surface area contributed by atoms with E-state index >= 15 is 0 Å². The van der Waals surface area contributed by atoms with Crippen molar-refractivity contribution >= 4 is 11.9 Å². The standard InChI is InChI=1S/C24H32O6/c1-12(2)15-11-17(25)29-23(5)10-9-14(4)20-18-19(22(26)28-20)24(6,27)30-21(18)13(3)7-8-16(15)23/h7,12,18-19,21,27H,8-11H2,1-6H3/b13-7-,20-14?/t18-,19+,21-,23-,24+/m0/s1. The minimum atomic E-state index is -1.56. The van der Waals surface area contributed by atoms with Crippen molar-refractivity contribution in [2.75, 3.05) is 0 Å². The fourth-order valence-electron chi connectivity index (χ4n) is 5.53. The molecule has 164 valence electrons. The predicted molar refractivity (Wildman–Crippen MR) is 110 cm³/mol. The summed E-state index contributed by atoms with van der Waals surface area (Å²) in [4.78, 5) is 25.0. The van der Waals surface area contributed by atoms with Crippen molar-refractivity contribution in [1.82, 2.24) is 0 Å². The molecule has 0 radical (unpaired) electrons. The molecule has 6 heteroatoms. The van der Waals surface area contributed by atoms with Crippen LogP contribution in [-0.4, -0.2) is 34.5 Å². The summed E-state index contributed by atoms with van der Waals surface area (Å²) in [5.41, 5.74) is 3.49. The molecular formula is C24H32O6. The zero-order valence-corrected chi connectivity index (χ0v) is 18.7. The summed E-state index contributed by atoms with van der Waals surface area (Å²) in [6.07, 6.45) is 3.87. The van der Waals surface area contributed by atoms with Crippen LogP contribution in [0.5, 0.6) is 0 Å². The first-order chi connectivity index (χ1) is 13.9. The molecule has 2 saturated heterocycles. The molecule has 0 aromatic heterocycles. The van der Waals surface area contributed by atoms with Crippen molar-refractivity contribution in [2.24, 2.45) is 17.8 Å². The van der Waals surface area contributed by atoms with E-state index in [4.69, 9.17) is 14.2 Å².